The van der Waals surface area contributed by atoms with E-state index in [9.17, 15) is 12.8 Å². The average Bonchev–Trinajstić information content (AvgIpc) is 2.27. The van der Waals surface area contributed by atoms with Crippen molar-refractivity contribution in [1.82, 2.24) is 5.32 Å². The molecule has 6 heteroatoms. The van der Waals surface area contributed by atoms with Crippen LogP contribution in [0.2, 0.25) is 5.02 Å². The summed E-state index contributed by atoms with van der Waals surface area (Å²) in [5.41, 5.74) is 0.771. The summed E-state index contributed by atoms with van der Waals surface area (Å²) in [4.78, 5) is 0. The maximum atomic E-state index is 13.3. The Kier molecular flexibility index (Phi) is 5.56. The number of nitrogens with one attached hydrogen (secondary N) is 1. The first kappa shape index (κ1) is 15.4. The maximum absolute atomic E-state index is 13.3. The second kappa shape index (κ2) is 6.50. The van der Waals surface area contributed by atoms with Crippen LogP contribution in [0.5, 0.6) is 0 Å². The van der Waals surface area contributed by atoms with E-state index in [0.717, 1.165) is 5.56 Å². The quantitative estimate of drug-likeness (QED) is 0.877. The van der Waals surface area contributed by atoms with Crippen molar-refractivity contribution in [3.8, 4) is 0 Å². The summed E-state index contributed by atoms with van der Waals surface area (Å²) in [6.07, 6.45) is 2.38. The molecule has 1 unspecified atom stereocenters. The molecule has 18 heavy (non-hydrogen) atoms. The van der Waals surface area contributed by atoms with Gasteiger partial charge in [-0.1, -0.05) is 17.7 Å². The monoisotopic (exact) mass is 293 g/mol. The minimum Gasteiger partial charge on any atom is -0.313 e. The molecule has 0 aromatic heterocycles. The number of rotatable bonds is 6. The smallest absolute Gasteiger partial charge is 0.147 e. The van der Waals surface area contributed by atoms with Gasteiger partial charge in [0.2, 0.25) is 0 Å². The highest BCUT2D eigenvalue weighted by atomic mass is 35.5. The fraction of sp³-hybridized carbons (Fsp3) is 0.500. The summed E-state index contributed by atoms with van der Waals surface area (Å²) >= 11 is 5.62. The molecule has 0 heterocycles. The van der Waals surface area contributed by atoms with Crippen LogP contribution < -0.4 is 5.32 Å². The molecule has 1 rings (SSSR count). The van der Waals surface area contributed by atoms with Crippen LogP contribution in [0, 0.1) is 5.82 Å². The van der Waals surface area contributed by atoms with Crippen LogP contribution in [0.1, 0.15) is 24.4 Å². The number of hydrogen-bond donors (Lipinski definition) is 1. The molecule has 0 bridgehead atoms. The first-order valence-corrected chi connectivity index (χ1v) is 8.07. The highest BCUT2D eigenvalue weighted by Gasteiger charge is 2.12. The minimum atomic E-state index is -2.95. The van der Waals surface area contributed by atoms with E-state index in [0.29, 0.717) is 12.8 Å². The van der Waals surface area contributed by atoms with Gasteiger partial charge in [0.25, 0.3) is 0 Å². The zero-order valence-corrected chi connectivity index (χ0v) is 12.0. The van der Waals surface area contributed by atoms with Gasteiger partial charge in [-0.3, -0.25) is 0 Å². The predicted octanol–water partition coefficient (Wildman–Crippen LogP) is 2.56. The van der Waals surface area contributed by atoms with Crippen LogP contribution in [0.4, 0.5) is 4.39 Å². The van der Waals surface area contributed by atoms with Gasteiger partial charge in [-0.2, -0.15) is 0 Å². The summed E-state index contributed by atoms with van der Waals surface area (Å²) < 4.78 is 35.4. The second-order valence-corrected chi connectivity index (χ2v) is 6.95. The Labute approximate surface area is 112 Å². The molecule has 0 spiro atoms. The topological polar surface area (TPSA) is 46.2 Å². The summed E-state index contributed by atoms with van der Waals surface area (Å²) in [6, 6.07) is 4.56. The van der Waals surface area contributed by atoms with Crippen LogP contribution in [0.15, 0.2) is 18.2 Å². The Morgan fingerprint density at radius 3 is 2.61 bits per heavy atom. The van der Waals surface area contributed by atoms with Crippen molar-refractivity contribution < 1.29 is 12.8 Å². The van der Waals surface area contributed by atoms with E-state index in [2.05, 4.69) is 5.32 Å². The Balaban J connectivity index is 2.68. The molecule has 3 nitrogen and oxygen atoms in total. The van der Waals surface area contributed by atoms with E-state index < -0.39 is 15.7 Å². The Hall–Kier alpha value is -0.650. The molecule has 0 aliphatic carbocycles. The molecule has 1 N–H and O–H groups in total. The van der Waals surface area contributed by atoms with E-state index in [1.54, 1.807) is 13.1 Å². The molecule has 0 saturated carbocycles. The number of benzene rings is 1. The van der Waals surface area contributed by atoms with Gasteiger partial charge >= 0.3 is 0 Å². The Morgan fingerprint density at radius 1 is 1.44 bits per heavy atom. The molecule has 0 aliphatic rings. The van der Waals surface area contributed by atoms with Gasteiger partial charge in [-0.15, -0.1) is 0 Å². The van der Waals surface area contributed by atoms with E-state index in [1.165, 1.54) is 18.4 Å². The Bertz CT molecular complexity index is 505. The lowest BCUT2D eigenvalue weighted by Crippen LogP contribution is -2.17. The van der Waals surface area contributed by atoms with Crippen molar-refractivity contribution in [2.24, 2.45) is 0 Å². The van der Waals surface area contributed by atoms with Gasteiger partial charge in [0.15, 0.2) is 0 Å². The molecule has 0 aliphatic heterocycles. The maximum Gasteiger partial charge on any atom is 0.147 e. The molecule has 0 radical (unpaired) electrons. The SMILES string of the molecule is CNC(CCCS(C)(=O)=O)c1ccc(Cl)c(F)c1. The molecule has 0 fully saturated rings. The van der Waals surface area contributed by atoms with Gasteiger partial charge in [0, 0.05) is 18.1 Å². The van der Waals surface area contributed by atoms with Crippen molar-refractivity contribution in [1.29, 1.82) is 0 Å². The van der Waals surface area contributed by atoms with Crippen LogP contribution in [-0.2, 0) is 9.84 Å². The molecule has 1 aromatic rings. The molecule has 102 valence electrons. The van der Waals surface area contributed by atoms with Crippen molar-refractivity contribution in [3.05, 3.63) is 34.6 Å². The normalized spacial score (nSPS) is 13.6. The summed E-state index contributed by atoms with van der Waals surface area (Å²) in [7, 11) is -1.19. The van der Waals surface area contributed by atoms with Crippen molar-refractivity contribution in [2.45, 2.75) is 18.9 Å². The fourth-order valence-corrected chi connectivity index (χ4v) is 2.57. The van der Waals surface area contributed by atoms with Gasteiger partial charge in [0.05, 0.1) is 5.02 Å². The van der Waals surface area contributed by atoms with Gasteiger partial charge < -0.3 is 5.32 Å². The zero-order valence-electron chi connectivity index (χ0n) is 10.4. The number of halogens is 2. The van der Waals surface area contributed by atoms with Crippen molar-refractivity contribution >= 4 is 21.4 Å². The van der Waals surface area contributed by atoms with Crippen molar-refractivity contribution in [3.63, 3.8) is 0 Å². The minimum absolute atomic E-state index is 0.0708. The lowest BCUT2D eigenvalue weighted by Gasteiger charge is -2.16. The van der Waals surface area contributed by atoms with E-state index in [1.807, 2.05) is 0 Å². The molecule has 1 aromatic carbocycles. The molecule has 0 amide bonds. The fourth-order valence-electron chi connectivity index (χ4n) is 1.76. The Morgan fingerprint density at radius 2 is 2.11 bits per heavy atom. The number of hydrogen-bond acceptors (Lipinski definition) is 3. The van der Waals surface area contributed by atoms with Crippen LogP contribution >= 0.6 is 11.6 Å². The molecular weight excluding hydrogens is 277 g/mol. The van der Waals surface area contributed by atoms with Crippen LogP contribution in [-0.4, -0.2) is 27.5 Å². The average molecular weight is 294 g/mol. The summed E-state index contributed by atoms with van der Waals surface area (Å²) in [5, 5.41) is 3.13. The van der Waals surface area contributed by atoms with E-state index in [4.69, 9.17) is 11.6 Å². The molecule has 0 saturated heterocycles. The third kappa shape index (κ3) is 4.92. The summed E-state index contributed by atoms with van der Waals surface area (Å²) in [5.74, 6) is -0.320. The van der Waals surface area contributed by atoms with Gasteiger partial charge in [0.1, 0.15) is 15.7 Å². The zero-order chi connectivity index (χ0) is 13.8. The van der Waals surface area contributed by atoms with Gasteiger partial charge in [-0.25, -0.2) is 12.8 Å². The lowest BCUT2D eigenvalue weighted by molar-refractivity contribution is 0.531. The predicted molar refractivity (Wildman–Crippen MR) is 72.2 cm³/mol. The third-order valence-corrected chi connectivity index (χ3v) is 4.04. The standard InChI is InChI=1S/C12H17ClFNO2S/c1-15-12(4-3-7-18(2,16)17)9-5-6-10(13)11(14)8-9/h5-6,8,12,15H,3-4,7H2,1-2H3. The first-order valence-electron chi connectivity index (χ1n) is 5.63. The largest absolute Gasteiger partial charge is 0.313 e. The molecular formula is C12H17ClFNO2S. The number of sulfone groups is 1. The van der Waals surface area contributed by atoms with E-state index in [-0.39, 0.29) is 16.8 Å². The van der Waals surface area contributed by atoms with Crippen molar-refractivity contribution in [2.75, 3.05) is 19.1 Å². The molecule has 1 atom stereocenters. The highest BCUT2D eigenvalue weighted by Crippen LogP contribution is 2.23. The summed E-state index contributed by atoms with van der Waals surface area (Å²) in [6.45, 7) is 0. The first-order chi connectivity index (χ1) is 8.33. The third-order valence-electron chi connectivity index (χ3n) is 2.70. The van der Waals surface area contributed by atoms with Crippen LogP contribution in [0.25, 0.3) is 0 Å². The highest BCUT2D eigenvalue weighted by molar-refractivity contribution is 7.90. The lowest BCUT2D eigenvalue weighted by atomic mass is 10.0. The van der Waals surface area contributed by atoms with E-state index >= 15 is 0 Å². The second-order valence-electron chi connectivity index (χ2n) is 4.29. The van der Waals surface area contributed by atoms with Gasteiger partial charge in [-0.05, 0) is 37.6 Å². The van der Waals surface area contributed by atoms with Crippen LogP contribution in [0.3, 0.4) is 0 Å².